The summed E-state index contributed by atoms with van der Waals surface area (Å²) in [5.41, 5.74) is 1.23. The normalized spacial score (nSPS) is 13.5. The zero-order valence-electron chi connectivity index (χ0n) is 17.4. The van der Waals surface area contributed by atoms with Crippen LogP contribution in [0.25, 0.3) is 10.8 Å². The third-order valence-electron chi connectivity index (χ3n) is 5.18. The molecule has 2 nitrogen and oxygen atoms in total. The largest absolute Gasteiger partial charge is 0.493 e. The van der Waals surface area contributed by atoms with Gasteiger partial charge >= 0.3 is 0 Å². The van der Waals surface area contributed by atoms with Gasteiger partial charge in [0, 0.05) is 16.7 Å². The highest BCUT2D eigenvalue weighted by atomic mass is 35.5. The summed E-state index contributed by atoms with van der Waals surface area (Å²) in [6, 6.07) is 10.6. The maximum atomic E-state index is 6.26. The number of halogens is 1. The van der Waals surface area contributed by atoms with E-state index in [0.29, 0.717) is 11.8 Å². The number of fused-ring (bicyclic) bond motifs is 1. The highest BCUT2D eigenvalue weighted by Crippen LogP contribution is 2.35. The van der Waals surface area contributed by atoms with Gasteiger partial charge < -0.3 is 9.47 Å². The molecule has 2 unspecified atom stereocenters. The van der Waals surface area contributed by atoms with Crippen molar-refractivity contribution in [2.75, 3.05) is 12.5 Å². The number of rotatable bonds is 12. The van der Waals surface area contributed by atoms with E-state index in [9.17, 15) is 0 Å². The predicted octanol–water partition coefficient (Wildman–Crippen LogP) is 7.53. The minimum atomic E-state index is 0.151. The summed E-state index contributed by atoms with van der Waals surface area (Å²) >= 11 is 5.82. The van der Waals surface area contributed by atoms with Crippen LogP contribution >= 0.6 is 11.6 Å². The van der Waals surface area contributed by atoms with Crippen molar-refractivity contribution in [3.63, 3.8) is 0 Å². The molecule has 0 saturated heterocycles. The maximum Gasteiger partial charge on any atom is 0.127 e. The smallest absolute Gasteiger partial charge is 0.127 e. The van der Waals surface area contributed by atoms with E-state index in [1.807, 2.05) is 0 Å². The summed E-state index contributed by atoms with van der Waals surface area (Å²) in [5.74, 6) is 3.19. The fourth-order valence-electron chi connectivity index (χ4n) is 3.38. The summed E-state index contributed by atoms with van der Waals surface area (Å²) in [6.45, 7) is 9.51. The summed E-state index contributed by atoms with van der Waals surface area (Å²) in [4.78, 5) is 0. The molecule has 0 heterocycles. The first-order valence-electron chi connectivity index (χ1n) is 10.5. The Bertz CT molecular complexity index is 698. The molecule has 150 valence electrons. The molecule has 0 aromatic heterocycles. The third kappa shape index (κ3) is 6.60. The predicted molar refractivity (Wildman–Crippen MR) is 118 cm³/mol. The Kier molecular flexibility index (Phi) is 9.27. The number of hydrogen-bond acceptors (Lipinski definition) is 2. The van der Waals surface area contributed by atoms with Gasteiger partial charge in [-0.05, 0) is 57.2 Å². The molecule has 0 aliphatic rings. The molecule has 2 aromatic rings. The average Bonchev–Trinajstić information content (AvgIpc) is 2.67. The number of alkyl halides is 1. The zero-order valence-corrected chi connectivity index (χ0v) is 18.1. The van der Waals surface area contributed by atoms with Gasteiger partial charge in [-0.3, -0.25) is 0 Å². The van der Waals surface area contributed by atoms with Crippen molar-refractivity contribution in [2.24, 2.45) is 5.92 Å². The van der Waals surface area contributed by atoms with E-state index in [0.717, 1.165) is 48.1 Å². The van der Waals surface area contributed by atoms with Crippen LogP contribution in [0.2, 0.25) is 0 Å². The molecule has 0 fully saturated rings. The fourth-order valence-corrected chi connectivity index (χ4v) is 3.54. The first kappa shape index (κ1) is 21.9. The molecule has 0 saturated carbocycles. The second-order valence-electron chi connectivity index (χ2n) is 7.60. The third-order valence-corrected chi connectivity index (χ3v) is 5.45. The maximum absolute atomic E-state index is 6.26. The van der Waals surface area contributed by atoms with Crippen LogP contribution in [0.15, 0.2) is 30.3 Å². The van der Waals surface area contributed by atoms with Gasteiger partial charge in [-0.1, -0.05) is 50.8 Å². The van der Waals surface area contributed by atoms with Crippen LogP contribution in [0.1, 0.15) is 64.9 Å². The van der Waals surface area contributed by atoms with Crippen LogP contribution in [0.5, 0.6) is 11.5 Å². The average molecular weight is 391 g/mol. The van der Waals surface area contributed by atoms with E-state index in [2.05, 4.69) is 58.0 Å². The molecule has 0 aliphatic carbocycles. The minimum absolute atomic E-state index is 0.151. The fraction of sp³-hybridized carbons (Fsp3) is 0.583. The van der Waals surface area contributed by atoms with Gasteiger partial charge in [0.1, 0.15) is 11.5 Å². The van der Waals surface area contributed by atoms with E-state index >= 15 is 0 Å². The van der Waals surface area contributed by atoms with Crippen LogP contribution in [-0.4, -0.2) is 18.6 Å². The van der Waals surface area contributed by atoms with Crippen LogP contribution in [-0.2, 0) is 0 Å². The summed E-state index contributed by atoms with van der Waals surface area (Å²) < 4.78 is 12.5. The Hall–Kier alpha value is -1.41. The number of benzene rings is 2. The number of hydrogen-bond donors (Lipinski definition) is 0. The van der Waals surface area contributed by atoms with E-state index in [1.165, 1.54) is 24.8 Å². The number of unbranched alkanes of at least 4 members (excludes halogenated alkanes) is 1. The van der Waals surface area contributed by atoms with Crippen molar-refractivity contribution in [3.8, 4) is 11.5 Å². The van der Waals surface area contributed by atoms with Gasteiger partial charge in [0.2, 0.25) is 0 Å². The molecule has 0 N–H and O–H groups in total. The lowest BCUT2D eigenvalue weighted by Gasteiger charge is -2.20. The Morgan fingerprint density at radius 2 is 1.74 bits per heavy atom. The van der Waals surface area contributed by atoms with Crippen molar-refractivity contribution in [1.82, 2.24) is 0 Å². The highest BCUT2D eigenvalue weighted by Gasteiger charge is 2.13. The van der Waals surface area contributed by atoms with Gasteiger partial charge in [-0.2, -0.15) is 0 Å². The van der Waals surface area contributed by atoms with Crippen molar-refractivity contribution in [1.29, 1.82) is 0 Å². The molecule has 0 aliphatic heterocycles. The zero-order chi connectivity index (χ0) is 19.6. The highest BCUT2D eigenvalue weighted by molar-refractivity contribution is 6.17. The van der Waals surface area contributed by atoms with Gasteiger partial charge in [0.05, 0.1) is 12.7 Å². The Labute approximate surface area is 170 Å². The first-order chi connectivity index (χ1) is 13.1. The standard InChI is InChI=1S/C24H35ClO2/c1-5-7-10-20(6-2)17-26-23-13-14-24(27-19(4)9-8-15-25)22-16-18(3)11-12-21(22)23/h11-14,16,19-20H,5-10,15,17H2,1-4H3. The van der Waals surface area contributed by atoms with Crippen LogP contribution in [0.4, 0.5) is 0 Å². The lowest BCUT2D eigenvalue weighted by molar-refractivity contribution is 0.212. The van der Waals surface area contributed by atoms with E-state index in [4.69, 9.17) is 21.1 Å². The quantitative estimate of drug-likeness (QED) is 0.348. The van der Waals surface area contributed by atoms with E-state index in [1.54, 1.807) is 0 Å². The van der Waals surface area contributed by atoms with Crippen molar-refractivity contribution in [3.05, 3.63) is 35.9 Å². The number of ether oxygens (including phenoxy) is 2. The monoisotopic (exact) mass is 390 g/mol. The second-order valence-corrected chi connectivity index (χ2v) is 7.98. The van der Waals surface area contributed by atoms with Crippen molar-refractivity contribution < 1.29 is 9.47 Å². The molecule has 0 radical (unpaired) electrons. The number of aryl methyl sites for hydroxylation is 1. The van der Waals surface area contributed by atoms with Crippen LogP contribution < -0.4 is 9.47 Å². The molecular weight excluding hydrogens is 356 g/mol. The molecule has 2 atom stereocenters. The topological polar surface area (TPSA) is 18.5 Å². The lowest BCUT2D eigenvalue weighted by Crippen LogP contribution is -2.13. The molecule has 27 heavy (non-hydrogen) atoms. The molecule has 3 heteroatoms. The van der Waals surface area contributed by atoms with Crippen LogP contribution in [0.3, 0.4) is 0 Å². The SMILES string of the molecule is CCCCC(CC)COc1ccc(OC(C)CCCCl)c2cc(C)ccc12. The summed E-state index contributed by atoms with van der Waals surface area (Å²) in [6.07, 6.45) is 7.00. The molecule has 0 amide bonds. The van der Waals surface area contributed by atoms with Gasteiger partial charge in [-0.25, -0.2) is 0 Å². The molecule has 2 aromatic carbocycles. The first-order valence-corrected chi connectivity index (χ1v) is 11.0. The van der Waals surface area contributed by atoms with Gasteiger partial charge in [0.25, 0.3) is 0 Å². The molecule has 0 spiro atoms. The molecule has 0 bridgehead atoms. The molecular formula is C24H35ClO2. The lowest BCUT2D eigenvalue weighted by atomic mass is 10.0. The Balaban J connectivity index is 2.20. The van der Waals surface area contributed by atoms with Crippen LogP contribution in [0, 0.1) is 12.8 Å². The van der Waals surface area contributed by atoms with E-state index in [-0.39, 0.29) is 6.10 Å². The molecule has 2 rings (SSSR count). The van der Waals surface area contributed by atoms with E-state index < -0.39 is 0 Å². The van der Waals surface area contributed by atoms with Crippen molar-refractivity contribution >= 4 is 22.4 Å². The van der Waals surface area contributed by atoms with Crippen molar-refractivity contribution in [2.45, 2.75) is 72.3 Å². The second kappa shape index (κ2) is 11.4. The van der Waals surface area contributed by atoms with Gasteiger partial charge in [-0.15, -0.1) is 11.6 Å². The minimum Gasteiger partial charge on any atom is -0.493 e. The Morgan fingerprint density at radius 1 is 0.963 bits per heavy atom. The summed E-state index contributed by atoms with van der Waals surface area (Å²) in [5, 5.41) is 2.26. The summed E-state index contributed by atoms with van der Waals surface area (Å²) in [7, 11) is 0. The van der Waals surface area contributed by atoms with Gasteiger partial charge in [0.15, 0.2) is 0 Å². The Morgan fingerprint density at radius 3 is 2.44 bits per heavy atom.